The number of thiazole rings is 1. The van der Waals surface area contributed by atoms with Gasteiger partial charge in [0.15, 0.2) is 5.13 Å². The normalized spacial score (nSPS) is 11.6. The smallest absolute Gasteiger partial charge is 0.321 e. The first-order valence-electron chi connectivity index (χ1n) is 9.75. The summed E-state index contributed by atoms with van der Waals surface area (Å²) in [5, 5.41) is 9.55. The Morgan fingerprint density at radius 1 is 1.16 bits per heavy atom. The van der Waals surface area contributed by atoms with Gasteiger partial charge in [-0.3, -0.25) is 10.1 Å². The summed E-state index contributed by atoms with van der Waals surface area (Å²) in [6, 6.07) is 10.4. The van der Waals surface area contributed by atoms with Gasteiger partial charge in [0.25, 0.3) is 5.91 Å². The van der Waals surface area contributed by atoms with Gasteiger partial charge in [-0.25, -0.2) is 9.78 Å². The molecule has 164 valence electrons. The summed E-state index contributed by atoms with van der Waals surface area (Å²) >= 11 is 7.52. The molecule has 3 aromatic rings. The zero-order chi connectivity index (χ0) is 22.8. The van der Waals surface area contributed by atoms with E-state index in [0.717, 1.165) is 10.3 Å². The number of fused-ring (bicyclic) bond motifs is 1. The van der Waals surface area contributed by atoms with Crippen molar-refractivity contribution in [2.24, 2.45) is 0 Å². The minimum absolute atomic E-state index is 0.260. The van der Waals surface area contributed by atoms with Crippen LogP contribution in [0.2, 0.25) is 5.02 Å². The van der Waals surface area contributed by atoms with Crippen LogP contribution in [0.15, 0.2) is 36.4 Å². The second-order valence-corrected chi connectivity index (χ2v) is 9.73. The standard InChI is InChI=1S/C22H26ClN5O2S/c1-13-7-6-8-15(23)18(13)25-19(29)14-9-10-16-17(11-14)31-21(24-16)26-20(30)27-22(2,3)12-28(4)5/h6-11H,12H2,1-5H3,(H,25,29)(H2,24,26,27,30). The average Bonchev–Trinajstić information content (AvgIpc) is 3.04. The number of hydrogen-bond acceptors (Lipinski definition) is 5. The highest BCUT2D eigenvalue weighted by Crippen LogP contribution is 2.29. The molecule has 0 saturated heterocycles. The number of hydrogen-bond donors (Lipinski definition) is 3. The van der Waals surface area contributed by atoms with Crippen LogP contribution < -0.4 is 16.0 Å². The quantitative estimate of drug-likeness (QED) is 0.485. The number of para-hydroxylation sites is 1. The van der Waals surface area contributed by atoms with Crippen LogP contribution in [0.25, 0.3) is 10.2 Å². The summed E-state index contributed by atoms with van der Waals surface area (Å²) in [7, 11) is 3.91. The van der Waals surface area contributed by atoms with Gasteiger partial charge in [-0.15, -0.1) is 0 Å². The molecule has 0 spiro atoms. The molecule has 31 heavy (non-hydrogen) atoms. The van der Waals surface area contributed by atoms with Gasteiger partial charge in [0, 0.05) is 17.6 Å². The number of amides is 3. The fourth-order valence-electron chi connectivity index (χ4n) is 3.36. The largest absolute Gasteiger partial charge is 0.332 e. The first kappa shape index (κ1) is 23.0. The second kappa shape index (κ2) is 9.21. The van der Waals surface area contributed by atoms with Gasteiger partial charge < -0.3 is 15.5 Å². The Bertz CT molecular complexity index is 1110. The highest BCUT2D eigenvalue weighted by molar-refractivity contribution is 7.22. The van der Waals surface area contributed by atoms with Crippen LogP contribution in [0.1, 0.15) is 29.8 Å². The Labute approximate surface area is 190 Å². The van der Waals surface area contributed by atoms with Gasteiger partial charge in [-0.2, -0.15) is 0 Å². The van der Waals surface area contributed by atoms with Gasteiger partial charge in [0.05, 0.1) is 20.9 Å². The highest BCUT2D eigenvalue weighted by Gasteiger charge is 2.22. The molecular formula is C22H26ClN5O2S. The van der Waals surface area contributed by atoms with Crippen LogP contribution >= 0.6 is 22.9 Å². The maximum Gasteiger partial charge on any atom is 0.321 e. The van der Waals surface area contributed by atoms with Crippen LogP contribution in [0.5, 0.6) is 0 Å². The molecule has 1 aromatic heterocycles. The van der Waals surface area contributed by atoms with E-state index in [2.05, 4.69) is 20.9 Å². The molecule has 3 N–H and O–H groups in total. The van der Waals surface area contributed by atoms with Crippen molar-refractivity contribution < 1.29 is 9.59 Å². The molecule has 0 aliphatic heterocycles. The lowest BCUT2D eigenvalue weighted by molar-refractivity contribution is 0.102. The first-order chi connectivity index (χ1) is 14.5. The summed E-state index contributed by atoms with van der Waals surface area (Å²) in [5.74, 6) is -0.260. The molecule has 3 rings (SSSR count). The van der Waals surface area contributed by atoms with Gasteiger partial charge in [-0.1, -0.05) is 35.1 Å². The van der Waals surface area contributed by atoms with Gasteiger partial charge in [0.2, 0.25) is 0 Å². The summed E-state index contributed by atoms with van der Waals surface area (Å²) < 4.78 is 0.798. The van der Waals surface area contributed by atoms with Crippen molar-refractivity contribution in [3.05, 3.63) is 52.5 Å². The Morgan fingerprint density at radius 2 is 1.90 bits per heavy atom. The predicted molar refractivity (Wildman–Crippen MR) is 129 cm³/mol. The number of halogens is 1. The molecule has 3 amide bonds. The average molecular weight is 460 g/mol. The fourth-order valence-corrected chi connectivity index (χ4v) is 4.53. The molecule has 0 radical (unpaired) electrons. The molecule has 0 bridgehead atoms. The van der Waals surface area contributed by atoms with Crippen molar-refractivity contribution in [3.8, 4) is 0 Å². The monoisotopic (exact) mass is 459 g/mol. The van der Waals surface area contributed by atoms with E-state index in [1.165, 1.54) is 11.3 Å². The number of carbonyl (C=O) groups excluding carboxylic acids is 2. The molecule has 1 heterocycles. The van der Waals surface area contributed by atoms with E-state index < -0.39 is 5.54 Å². The zero-order valence-corrected chi connectivity index (χ0v) is 19.7. The third kappa shape index (κ3) is 5.94. The van der Waals surface area contributed by atoms with Crippen LogP contribution in [-0.4, -0.2) is 48.0 Å². The van der Waals surface area contributed by atoms with Crippen molar-refractivity contribution in [2.75, 3.05) is 31.3 Å². The molecule has 0 atom stereocenters. The summed E-state index contributed by atoms with van der Waals surface area (Å²) in [6.45, 7) is 6.49. The van der Waals surface area contributed by atoms with E-state index in [-0.39, 0.29) is 11.9 Å². The second-order valence-electron chi connectivity index (χ2n) is 8.29. The highest BCUT2D eigenvalue weighted by atomic mass is 35.5. The molecule has 2 aromatic carbocycles. The summed E-state index contributed by atoms with van der Waals surface area (Å²) in [4.78, 5) is 31.5. The Kier molecular flexibility index (Phi) is 6.83. The predicted octanol–water partition coefficient (Wildman–Crippen LogP) is 4.97. The number of aryl methyl sites for hydroxylation is 1. The van der Waals surface area contributed by atoms with E-state index in [4.69, 9.17) is 11.6 Å². The van der Waals surface area contributed by atoms with Crippen molar-refractivity contribution in [3.63, 3.8) is 0 Å². The lowest BCUT2D eigenvalue weighted by Crippen LogP contribution is -2.51. The zero-order valence-electron chi connectivity index (χ0n) is 18.2. The van der Waals surface area contributed by atoms with Crippen molar-refractivity contribution >= 4 is 55.9 Å². The van der Waals surface area contributed by atoms with Gasteiger partial charge >= 0.3 is 6.03 Å². The van der Waals surface area contributed by atoms with E-state index in [0.29, 0.717) is 33.5 Å². The SMILES string of the molecule is Cc1cccc(Cl)c1NC(=O)c1ccc2nc(NC(=O)NC(C)(C)CN(C)C)sc2c1. The first-order valence-corrected chi connectivity index (χ1v) is 10.9. The topological polar surface area (TPSA) is 86.4 Å². The van der Waals surface area contributed by atoms with Crippen LogP contribution in [-0.2, 0) is 0 Å². The molecule has 0 saturated carbocycles. The number of aromatic nitrogens is 1. The molecule has 0 fully saturated rings. The van der Waals surface area contributed by atoms with Gasteiger partial charge in [-0.05, 0) is 64.7 Å². The maximum absolute atomic E-state index is 12.7. The lowest BCUT2D eigenvalue weighted by Gasteiger charge is -2.29. The molecule has 0 aliphatic rings. The number of urea groups is 1. The number of likely N-dealkylation sites (N-methyl/N-ethyl adjacent to an activating group) is 1. The molecule has 9 heteroatoms. The minimum Gasteiger partial charge on any atom is -0.332 e. The number of benzene rings is 2. The van der Waals surface area contributed by atoms with Crippen LogP contribution in [0.3, 0.4) is 0 Å². The lowest BCUT2D eigenvalue weighted by atomic mass is 10.1. The number of rotatable bonds is 6. The van der Waals surface area contributed by atoms with E-state index >= 15 is 0 Å². The minimum atomic E-state index is -0.396. The van der Waals surface area contributed by atoms with Crippen molar-refractivity contribution in [2.45, 2.75) is 26.3 Å². The Hall–Kier alpha value is -2.68. The third-order valence-electron chi connectivity index (χ3n) is 4.49. The van der Waals surface area contributed by atoms with Crippen molar-refractivity contribution in [1.82, 2.24) is 15.2 Å². The van der Waals surface area contributed by atoms with E-state index in [1.54, 1.807) is 24.3 Å². The Balaban J connectivity index is 1.73. The number of nitrogens with one attached hydrogen (secondary N) is 3. The number of anilines is 2. The van der Waals surface area contributed by atoms with Crippen LogP contribution in [0, 0.1) is 6.92 Å². The Morgan fingerprint density at radius 3 is 2.58 bits per heavy atom. The fraction of sp³-hybridized carbons (Fsp3) is 0.318. The summed E-state index contributed by atoms with van der Waals surface area (Å²) in [6.07, 6.45) is 0. The van der Waals surface area contributed by atoms with Gasteiger partial charge in [0.1, 0.15) is 0 Å². The third-order valence-corrected chi connectivity index (χ3v) is 5.74. The van der Waals surface area contributed by atoms with Crippen molar-refractivity contribution in [1.29, 1.82) is 0 Å². The molecule has 0 unspecified atom stereocenters. The summed E-state index contributed by atoms with van der Waals surface area (Å²) in [5.41, 5.74) is 2.27. The number of nitrogens with zero attached hydrogens (tertiary/aromatic N) is 2. The van der Waals surface area contributed by atoms with E-state index in [1.807, 2.05) is 51.9 Å². The molecule has 0 aliphatic carbocycles. The maximum atomic E-state index is 12.7. The van der Waals surface area contributed by atoms with E-state index in [9.17, 15) is 9.59 Å². The molecular weight excluding hydrogens is 434 g/mol. The van der Waals surface area contributed by atoms with Crippen LogP contribution in [0.4, 0.5) is 15.6 Å². The molecule has 7 nitrogen and oxygen atoms in total. The number of carbonyl (C=O) groups is 2.